The molecule has 1 saturated heterocycles. The van der Waals surface area contributed by atoms with E-state index in [-0.39, 0.29) is 0 Å². The fourth-order valence-corrected chi connectivity index (χ4v) is 4.56. The minimum Gasteiger partial charge on any atom is -0.353 e. The highest BCUT2D eigenvalue weighted by Gasteiger charge is 2.22. The van der Waals surface area contributed by atoms with Gasteiger partial charge in [-0.3, -0.25) is 0 Å². The summed E-state index contributed by atoms with van der Waals surface area (Å²) in [6.07, 6.45) is 0. The minimum absolute atomic E-state index is 0.490. The van der Waals surface area contributed by atoms with Gasteiger partial charge in [-0.05, 0) is 18.4 Å². The molecule has 0 atom stereocenters. The molecule has 0 amide bonds. The molecule has 24 heavy (non-hydrogen) atoms. The second-order valence-electron chi connectivity index (χ2n) is 5.44. The molecule has 3 aromatic heterocycles. The van der Waals surface area contributed by atoms with E-state index in [9.17, 15) is 0 Å². The molecule has 0 aromatic carbocycles. The molecule has 1 aliphatic rings. The molecule has 0 aliphatic carbocycles. The quantitative estimate of drug-likeness (QED) is 0.651. The fraction of sp³-hybridized carbons (Fsp3) is 0.333. The molecule has 0 saturated carbocycles. The number of halogens is 1. The van der Waals surface area contributed by atoms with Crippen molar-refractivity contribution in [3.63, 3.8) is 0 Å². The number of hydrogen-bond donors (Lipinski definition) is 0. The Morgan fingerprint density at radius 2 is 1.88 bits per heavy atom. The van der Waals surface area contributed by atoms with Gasteiger partial charge in [0.1, 0.15) is 16.8 Å². The zero-order chi connectivity index (χ0) is 16.5. The van der Waals surface area contributed by atoms with E-state index < -0.39 is 0 Å². The van der Waals surface area contributed by atoms with Crippen molar-refractivity contribution < 1.29 is 0 Å². The Kier molecular flexibility index (Phi) is 4.34. The van der Waals surface area contributed by atoms with Crippen LogP contribution in [0.15, 0.2) is 23.6 Å². The zero-order valence-corrected chi connectivity index (χ0v) is 15.4. The van der Waals surface area contributed by atoms with Gasteiger partial charge in [-0.2, -0.15) is 0 Å². The summed E-state index contributed by atoms with van der Waals surface area (Å²) in [6, 6.07) is 5.94. The molecule has 0 spiro atoms. The minimum atomic E-state index is 0.490. The number of piperazine rings is 1. The molecule has 6 nitrogen and oxygen atoms in total. The number of thiophene rings is 1. The first-order valence-electron chi connectivity index (χ1n) is 7.57. The SMILES string of the molecule is Cc1nc(Cl)cc(N2CCN(c3nnc(-c4cccs4)s3)CC2)n1. The Bertz CT molecular complexity index is 806. The Labute approximate surface area is 152 Å². The van der Waals surface area contributed by atoms with Gasteiger partial charge in [-0.15, -0.1) is 21.5 Å². The van der Waals surface area contributed by atoms with Crippen molar-refractivity contribution in [3.05, 3.63) is 34.6 Å². The van der Waals surface area contributed by atoms with Gasteiger partial charge in [0.15, 0.2) is 5.01 Å². The second-order valence-corrected chi connectivity index (χ2v) is 7.73. The zero-order valence-electron chi connectivity index (χ0n) is 13.0. The van der Waals surface area contributed by atoms with Crippen molar-refractivity contribution in [2.45, 2.75) is 6.92 Å². The molecular formula is C15H15ClN6S2. The van der Waals surface area contributed by atoms with Crippen molar-refractivity contribution in [2.24, 2.45) is 0 Å². The Balaban J connectivity index is 1.44. The Morgan fingerprint density at radius 1 is 1.08 bits per heavy atom. The first-order valence-corrected chi connectivity index (χ1v) is 9.65. The molecule has 0 bridgehead atoms. The van der Waals surface area contributed by atoms with Crippen LogP contribution in [0.1, 0.15) is 5.82 Å². The fourth-order valence-electron chi connectivity index (χ4n) is 2.65. The van der Waals surface area contributed by atoms with E-state index in [1.807, 2.05) is 19.1 Å². The normalized spacial score (nSPS) is 15.1. The van der Waals surface area contributed by atoms with Crippen LogP contribution < -0.4 is 9.80 Å². The molecule has 1 fully saturated rings. The molecule has 4 rings (SSSR count). The summed E-state index contributed by atoms with van der Waals surface area (Å²) in [4.78, 5) is 14.3. The molecule has 9 heteroatoms. The van der Waals surface area contributed by atoms with Crippen LogP contribution in [0, 0.1) is 6.92 Å². The van der Waals surface area contributed by atoms with Crippen LogP contribution in [-0.2, 0) is 0 Å². The van der Waals surface area contributed by atoms with Gasteiger partial charge in [0.25, 0.3) is 0 Å². The molecular weight excluding hydrogens is 364 g/mol. The number of nitrogens with zero attached hydrogens (tertiary/aromatic N) is 6. The predicted octanol–water partition coefficient (Wildman–Crippen LogP) is 3.35. The molecule has 4 heterocycles. The highest BCUT2D eigenvalue weighted by atomic mass is 35.5. The lowest BCUT2D eigenvalue weighted by Gasteiger charge is -2.35. The third-order valence-corrected chi connectivity index (χ3v) is 6.03. The largest absolute Gasteiger partial charge is 0.353 e. The van der Waals surface area contributed by atoms with Crippen molar-refractivity contribution in [1.82, 2.24) is 20.2 Å². The number of hydrogen-bond acceptors (Lipinski definition) is 8. The molecule has 0 radical (unpaired) electrons. The van der Waals surface area contributed by atoms with Gasteiger partial charge in [0.2, 0.25) is 5.13 Å². The standard InChI is InChI=1S/C15H15ClN6S2/c1-10-17-12(16)9-13(18-10)21-4-6-22(7-5-21)15-20-19-14(24-15)11-3-2-8-23-11/h2-3,8-9H,4-7H2,1H3. The van der Waals surface area contributed by atoms with E-state index in [0.29, 0.717) is 11.0 Å². The lowest BCUT2D eigenvalue weighted by Crippen LogP contribution is -2.46. The summed E-state index contributed by atoms with van der Waals surface area (Å²) in [7, 11) is 0. The van der Waals surface area contributed by atoms with E-state index in [0.717, 1.165) is 42.1 Å². The molecule has 124 valence electrons. The van der Waals surface area contributed by atoms with Crippen LogP contribution in [0.4, 0.5) is 10.9 Å². The van der Waals surface area contributed by atoms with E-state index in [1.165, 1.54) is 4.88 Å². The third-order valence-electron chi connectivity index (χ3n) is 3.81. The van der Waals surface area contributed by atoms with Gasteiger partial charge in [-0.25, -0.2) is 9.97 Å². The number of aromatic nitrogens is 4. The Hall–Kier alpha value is -1.77. The predicted molar refractivity (Wildman–Crippen MR) is 99.4 cm³/mol. The average Bonchev–Trinajstić information content (AvgIpc) is 3.25. The van der Waals surface area contributed by atoms with Crippen molar-refractivity contribution in [2.75, 3.05) is 36.0 Å². The highest BCUT2D eigenvalue weighted by molar-refractivity contribution is 7.22. The van der Waals surface area contributed by atoms with E-state index in [4.69, 9.17) is 11.6 Å². The second kappa shape index (κ2) is 6.62. The van der Waals surface area contributed by atoms with E-state index >= 15 is 0 Å². The highest BCUT2D eigenvalue weighted by Crippen LogP contribution is 2.32. The van der Waals surface area contributed by atoms with Gasteiger partial charge in [0.05, 0.1) is 4.88 Å². The summed E-state index contributed by atoms with van der Waals surface area (Å²) in [6.45, 7) is 5.39. The maximum Gasteiger partial charge on any atom is 0.208 e. The summed E-state index contributed by atoms with van der Waals surface area (Å²) in [5.41, 5.74) is 0. The number of rotatable bonds is 3. The Morgan fingerprint density at radius 3 is 2.58 bits per heavy atom. The van der Waals surface area contributed by atoms with Crippen LogP contribution in [0.5, 0.6) is 0 Å². The van der Waals surface area contributed by atoms with Crippen LogP contribution >= 0.6 is 34.3 Å². The van der Waals surface area contributed by atoms with Gasteiger partial charge < -0.3 is 9.80 Å². The van der Waals surface area contributed by atoms with Crippen molar-refractivity contribution >= 4 is 45.2 Å². The lowest BCUT2D eigenvalue weighted by molar-refractivity contribution is 0.642. The average molecular weight is 379 g/mol. The topological polar surface area (TPSA) is 58.0 Å². The summed E-state index contributed by atoms with van der Waals surface area (Å²) < 4.78 is 0. The van der Waals surface area contributed by atoms with Gasteiger partial charge >= 0.3 is 0 Å². The maximum absolute atomic E-state index is 6.04. The first kappa shape index (κ1) is 15.7. The van der Waals surface area contributed by atoms with Crippen molar-refractivity contribution in [3.8, 4) is 9.88 Å². The molecule has 3 aromatic rings. The number of anilines is 2. The number of aryl methyl sites for hydroxylation is 1. The van der Waals surface area contributed by atoms with Crippen LogP contribution in [0.3, 0.4) is 0 Å². The van der Waals surface area contributed by atoms with Crippen LogP contribution in [-0.4, -0.2) is 46.3 Å². The molecule has 1 aliphatic heterocycles. The van der Waals surface area contributed by atoms with Crippen LogP contribution in [0.2, 0.25) is 5.15 Å². The van der Waals surface area contributed by atoms with Gasteiger partial charge in [0, 0.05) is 32.2 Å². The van der Waals surface area contributed by atoms with E-state index in [2.05, 4.69) is 41.4 Å². The monoisotopic (exact) mass is 378 g/mol. The molecule has 0 N–H and O–H groups in total. The lowest BCUT2D eigenvalue weighted by atomic mass is 10.3. The van der Waals surface area contributed by atoms with E-state index in [1.54, 1.807) is 22.7 Å². The summed E-state index contributed by atoms with van der Waals surface area (Å²) >= 11 is 9.38. The van der Waals surface area contributed by atoms with Crippen LogP contribution in [0.25, 0.3) is 9.88 Å². The van der Waals surface area contributed by atoms with Crippen molar-refractivity contribution in [1.29, 1.82) is 0 Å². The van der Waals surface area contributed by atoms with Gasteiger partial charge in [-0.1, -0.05) is 29.0 Å². The molecule has 0 unspecified atom stereocenters. The first-order chi connectivity index (χ1) is 11.7. The summed E-state index contributed by atoms with van der Waals surface area (Å²) in [5.74, 6) is 1.59. The summed E-state index contributed by atoms with van der Waals surface area (Å²) in [5, 5.41) is 13.2. The maximum atomic E-state index is 6.04. The smallest absolute Gasteiger partial charge is 0.208 e. The third kappa shape index (κ3) is 3.22.